The van der Waals surface area contributed by atoms with Crippen molar-refractivity contribution in [3.05, 3.63) is 68.4 Å². The molecule has 0 unspecified atom stereocenters. The number of methoxy groups -OCH3 is 1. The van der Waals surface area contributed by atoms with E-state index in [-0.39, 0.29) is 31.2 Å². The Bertz CT molecular complexity index is 1670. The zero-order valence-electron chi connectivity index (χ0n) is 22.5. The number of fused-ring (bicyclic) bond motifs is 1. The molecule has 5 rings (SSSR count). The van der Waals surface area contributed by atoms with Crippen molar-refractivity contribution in [3.8, 4) is 16.8 Å². The second-order valence-corrected chi connectivity index (χ2v) is 10.8. The Morgan fingerprint density at radius 2 is 2.05 bits per heavy atom. The molecule has 11 nitrogen and oxygen atoms in total. The van der Waals surface area contributed by atoms with Crippen LogP contribution in [0, 0.1) is 24.1 Å². The largest absolute Gasteiger partial charge is 0.496 e. The van der Waals surface area contributed by atoms with Gasteiger partial charge < -0.3 is 14.4 Å². The van der Waals surface area contributed by atoms with Gasteiger partial charge in [-0.3, -0.25) is 13.9 Å². The van der Waals surface area contributed by atoms with Crippen molar-refractivity contribution >= 4 is 21.6 Å². The predicted octanol–water partition coefficient (Wildman–Crippen LogP) is 3.20. The molecule has 0 amide bonds. The number of aryl methyl sites for hydroxylation is 1. The van der Waals surface area contributed by atoms with Gasteiger partial charge in [-0.25, -0.2) is 9.18 Å². The number of rotatable bonds is 9. The number of piperidine rings is 1. The van der Waals surface area contributed by atoms with Gasteiger partial charge in [0.1, 0.15) is 27.5 Å². The van der Waals surface area contributed by atoms with Crippen LogP contribution in [0.2, 0.25) is 0 Å². The summed E-state index contributed by atoms with van der Waals surface area (Å²) in [7, 11) is 3.44. The lowest BCUT2D eigenvalue weighted by Crippen LogP contribution is -2.47. The Balaban J connectivity index is 1.73. The number of likely N-dealkylation sites (tertiary alicyclic amines) is 1. The molecule has 1 fully saturated rings. The number of hydrogen-bond acceptors (Lipinski definition) is 9. The monoisotopic (exact) mass is 567 g/mol. The Hall–Kier alpha value is -3.86. The minimum absolute atomic E-state index is 0.0324. The molecule has 210 valence electrons. The highest BCUT2D eigenvalue weighted by molar-refractivity contribution is 7.21. The highest BCUT2D eigenvalue weighted by Gasteiger charge is 2.29. The molecule has 1 aromatic carbocycles. The smallest absolute Gasteiger partial charge is 0.332 e. The summed E-state index contributed by atoms with van der Waals surface area (Å²) in [5, 5.41) is 18.6. The maximum absolute atomic E-state index is 14.4. The number of nitriles is 1. The van der Waals surface area contributed by atoms with Crippen LogP contribution in [0.5, 0.6) is 5.75 Å². The van der Waals surface area contributed by atoms with E-state index < -0.39 is 17.6 Å². The van der Waals surface area contributed by atoms with E-state index in [0.717, 1.165) is 13.0 Å². The van der Waals surface area contributed by atoms with Crippen molar-refractivity contribution in [3.63, 3.8) is 0 Å². The second kappa shape index (κ2) is 11.7. The van der Waals surface area contributed by atoms with E-state index in [9.17, 15) is 14.0 Å². The SMILES string of the molecule is COc1ccc(F)cc1[C@H](Cn1c(=O)n([C@H]2CCCN(C)C2)c(=O)c2c(C)c(-n3nccn3)sc21)OCCC#N. The zero-order chi connectivity index (χ0) is 28.4. The van der Waals surface area contributed by atoms with Gasteiger partial charge in [-0.1, -0.05) is 11.3 Å². The number of likely N-dealkylation sites (N-methyl/N-ethyl adjacent to an activating group) is 1. The van der Waals surface area contributed by atoms with Crippen molar-refractivity contribution in [2.75, 3.05) is 33.9 Å². The molecule has 0 aliphatic carbocycles. The molecule has 3 aromatic heterocycles. The summed E-state index contributed by atoms with van der Waals surface area (Å²) in [6, 6.07) is 5.83. The van der Waals surface area contributed by atoms with Gasteiger partial charge in [0.25, 0.3) is 5.56 Å². The van der Waals surface area contributed by atoms with E-state index in [0.29, 0.717) is 45.1 Å². The molecule has 1 aliphatic heterocycles. The number of hydrogen-bond donors (Lipinski definition) is 0. The van der Waals surface area contributed by atoms with Crippen LogP contribution < -0.4 is 16.0 Å². The average Bonchev–Trinajstić information content (AvgIpc) is 3.58. The molecule has 0 radical (unpaired) electrons. The maximum atomic E-state index is 14.4. The van der Waals surface area contributed by atoms with Crippen molar-refractivity contribution in [2.45, 2.75) is 44.9 Å². The quantitative estimate of drug-likeness (QED) is 0.283. The minimum Gasteiger partial charge on any atom is -0.496 e. The number of nitrogens with zero attached hydrogens (tertiary/aromatic N) is 7. The second-order valence-electron chi connectivity index (χ2n) is 9.81. The molecule has 1 aliphatic rings. The fraction of sp³-hybridized carbons (Fsp3) is 0.444. The van der Waals surface area contributed by atoms with Crippen LogP contribution in [0.1, 0.15) is 42.5 Å². The van der Waals surface area contributed by atoms with Gasteiger partial charge >= 0.3 is 5.69 Å². The zero-order valence-corrected chi connectivity index (χ0v) is 23.4. The topological polar surface area (TPSA) is 120 Å². The standard InChI is InChI=1S/C27H30FN7O4S/c1-17-23-24(36)34(19-6-4-12-32(2)15-19)27(37)33(26(23)40-25(17)35-30-10-11-31-35)16-22(39-13-5-9-29)20-14-18(28)7-8-21(20)38-3/h7-8,10-11,14,19,22H,4-6,12-13,15-16H2,1-3H3/t19-,22-/m0/s1. The van der Waals surface area contributed by atoms with Crippen molar-refractivity contribution < 1.29 is 13.9 Å². The van der Waals surface area contributed by atoms with Gasteiger partial charge in [0.05, 0.1) is 56.6 Å². The number of thiophene rings is 1. The van der Waals surface area contributed by atoms with Crippen LogP contribution >= 0.6 is 11.3 Å². The summed E-state index contributed by atoms with van der Waals surface area (Å²) in [4.78, 5) is 32.2. The fourth-order valence-electron chi connectivity index (χ4n) is 5.31. The number of ether oxygens (including phenoxy) is 2. The van der Waals surface area contributed by atoms with Crippen molar-refractivity contribution in [1.82, 2.24) is 29.0 Å². The van der Waals surface area contributed by atoms with E-state index in [1.807, 2.05) is 20.0 Å². The fourth-order valence-corrected chi connectivity index (χ4v) is 6.53. The molecular formula is C27H30FN7O4S. The van der Waals surface area contributed by atoms with E-state index in [2.05, 4.69) is 15.1 Å². The lowest BCUT2D eigenvalue weighted by Gasteiger charge is -2.31. The molecule has 0 spiro atoms. The molecule has 0 saturated carbocycles. The highest BCUT2D eigenvalue weighted by Crippen LogP contribution is 2.34. The number of halogens is 1. The van der Waals surface area contributed by atoms with Gasteiger partial charge in [0.15, 0.2) is 0 Å². The van der Waals surface area contributed by atoms with Gasteiger partial charge in [0, 0.05) is 17.7 Å². The molecule has 40 heavy (non-hydrogen) atoms. The first-order chi connectivity index (χ1) is 19.3. The first-order valence-corrected chi connectivity index (χ1v) is 13.8. The molecule has 4 aromatic rings. The molecule has 13 heteroatoms. The van der Waals surface area contributed by atoms with Crippen LogP contribution in [0.25, 0.3) is 15.2 Å². The van der Waals surface area contributed by atoms with Gasteiger partial charge in [0.2, 0.25) is 0 Å². The van der Waals surface area contributed by atoms with Crippen molar-refractivity contribution in [2.24, 2.45) is 0 Å². The number of benzene rings is 1. The van der Waals surface area contributed by atoms with E-state index in [1.54, 1.807) is 12.4 Å². The Kier molecular flexibility index (Phi) is 8.11. The van der Waals surface area contributed by atoms with Crippen molar-refractivity contribution in [1.29, 1.82) is 5.26 Å². The van der Waals surface area contributed by atoms with E-state index >= 15 is 0 Å². The summed E-state index contributed by atoms with van der Waals surface area (Å²) in [5.74, 6) is -0.102. The summed E-state index contributed by atoms with van der Waals surface area (Å²) < 4.78 is 28.9. The summed E-state index contributed by atoms with van der Waals surface area (Å²) in [5.41, 5.74) is 0.244. The molecule has 2 atom stereocenters. The molecule has 1 saturated heterocycles. The predicted molar refractivity (Wildman–Crippen MR) is 148 cm³/mol. The third kappa shape index (κ3) is 5.17. The van der Waals surface area contributed by atoms with Gasteiger partial charge in [-0.2, -0.15) is 15.5 Å². The first-order valence-electron chi connectivity index (χ1n) is 13.0. The molecule has 0 N–H and O–H groups in total. The molecule has 4 heterocycles. The number of aromatic nitrogens is 5. The summed E-state index contributed by atoms with van der Waals surface area (Å²) >= 11 is 1.24. The van der Waals surface area contributed by atoms with Crippen LogP contribution in [-0.4, -0.2) is 62.9 Å². The normalized spacial score (nSPS) is 16.7. The lowest BCUT2D eigenvalue weighted by molar-refractivity contribution is 0.0418. The van der Waals surface area contributed by atoms with Crippen LogP contribution in [0.4, 0.5) is 4.39 Å². The molecular weight excluding hydrogens is 537 g/mol. The van der Waals surface area contributed by atoms with Crippen LogP contribution in [-0.2, 0) is 11.3 Å². The third-order valence-electron chi connectivity index (χ3n) is 7.20. The van der Waals surface area contributed by atoms with Crippen LogP contribution in [0.15, 0.2) is 40.2 Å². The van der Waals surface area contributed by atoms with Gasteiger partial charge in [-0.15, -0.1) is 4.80 Å². The summed E-state index contributed by atoms with van der Waals surface area (Å²) in [6.45, 7) is 3.31. The Morgan fingerprint density at radius 3 is 2.75 bits per heavy atom. The first kappa shape index (κ1) is 27.7. The lowest BCUT2D eigenvalue weighted by atomic mass is 10.1. The van der Waals surface area contributed by atoms with Crippen LogP contribution in [0.3, 0.4) is 0 Å². The minimum atomic E-state index is -0.839. The van der Waals surface area contributed by atoms with Gasteiger partial charge in [-0.05, 0) is 51.6 Å². The maximum Gasteiger partial charge on any atom is 0.332 e. The Morgan fingerprint density at radius 1 is 1.27 bits per heavy atom. The third-order valence-corrected chi connectivity index (χ3v) is 8.48. The van der Waals surface area contributed by atoms with E-state index in [1.165, 1.54) is 50.6 Å². The highest BCUT2D eigenvalue weighted by atomic mass is 32.1. The van der Waals surface area contributed by atoms with E-state index in [4.69, 9.17) is 14.7 Å². The Labute approximate surface area is 233 Å². The summed E-state index contributed by atoms with van der Waals surface area (Å²) in [6.07, 6.45) is 3.91. The molecule has 0 bridgehead atoms. The average molecular weight is 568 g/mol.